The molecular weight excluding hydrogens is 254 g/mol. The lowest BCUT2D eigenvalue weighted by molar-refractivity contribution is 0.0734. The number of benzene rings is 2. The summed E-state index contributed by atoms with van der Waals surface area (Å²) in [6.07, 6.45) is 0. The van der Waals surface area contributed by atoms with Crippen molar-refractivity contribution in [2.24, 2.45) is 0 Å². The number of oxazole rings is 1. The molecule has 0 aliphatic heterocycles. The first kappa shape index (κ1) is 12.4. The molecule has 0 saturated carbocycles. The Morgan fingerprint density at radius 1 is 1.15 bits per heavy atom. The minimum absolute atomic E-state index is 0.376. The summed E-state index contributed by atoms with van der Waals surface area (Å²) in [5, 5.41) is 0. The summed E-state index contributed by atoms with van der Waals surface area (Å²) in [6, 6.07) is 12.5. The topological polar surface area (TPSA) is 52.3 Å². The van der Waals surface area contributed by atoms with Crippen molar-refractivity contribution in [3.8, 4) is 5.75 Å². The van der Waals surface area contributed by atoms with Crippen LogP contribution in [-0.2, 0) is 0 Å². The molecule has 2 aromatic carbocycles. The van der Waals surface area contributed by atoms with Crippen LogP contribution in [0.2, 0.25) is 0 Å². The van der Waals surface area contributed by atoms with E-state index in [0.717, 1.165) is 11.1 Å². The largest absolute Gasteiger partial charge is 0.441 e. The Balaban J connectivity index is 1.89. The molecule has 0 radical (unpaired) electrons. The third kappa shape index (κ3) is 2.28. The first-order valence-corrected chi connectivity index (χ1v) is 6.28. The van der Waals surface area contributed by atoms with Crippen LogP contribution in [0.15, 0.2) is 46.9 Å². The van der Waals surface area contributed by atoms with Gasteiger partial charge in [-0.05, 0) is 30.7 Å². The third-order valence-electron chi connectivity index (χ3n) is 3.04. The second-order valence-electron chi connectivity index (χ2n) is 4.57. The van der Waals surface area contributed by atoms with E-state index in [2.05, 4.69) is 4.98 Å². The molecule has 0 bridgehead atoms. The van der Waals surface area contributed by atoms with E-state index in [1.165, 1.54) is 0 Å². The molecule has 0 unspecified atom stereocenters. The molecule has 0 amide bonds. The summed E-state index contributed by atoms with van der Waals surface area (Å²) in [6.45, 7) is 3.65. The number of esters is 1. The van der Waals surface area contributed by atoms with Crippen LogP contribution < -0.4 is 4.74 Å². The highest BCUT2D eigenvalue weighted by Gasteiger charge is 2.12. The maximum Gasteiger partial charge on any atom is 0.343 e. The van der Waals surface area contributed by atoms with Crippen molar-refractivity contribution in [3.05, 3.63) is 59.5 Å². The second kappa shape index (κ2) is 4.81. The fourth-order valence-corrected chi connectivity index (χ4v) is 2.05. The van der Waals surface area contributed by atoms with Crippen LogP contribution in [0.3, 0.4) is 0 Å². The van der Waals surface area contributed by atoms with Gasteiger partial charge in [-0.25, -0.2) is 9.78 Å². The number of hydrogen-bond donors (Lipinski definition) is 0. The van der Waals surface area contributed by atoms with Crippen LogP contribution in [0.25, 0.3) is 11.1 Å². The molecule has 4 nitrogen and oxygen atoms in total. The molecule has 0 N–H and O–H groups in total. The van der Waals surface area contributed by atoms with Crippen LogP contribution in [0.4, 0.5) is 0 Å². The van der Waals surface area contributed by atoms with Gasteiger partial charge in [-0.1, -0.05) is 18.2 Å². The first-order valence-electron chi connectivity index (χ1n) is 6.28. The van der Waals surface area contributed by atoms with E-state index >= 15 is 0 Å². The van der Waals surface area contributed by atoms with Gasteiger partial charge in [-0.3, -0.25) is 0 Å². The number of nitrogens with zero attached hydrogens (tertiary/aromatic N) is 1. The van der Waals surface area contributed by atoms with Crippen LogP contribution in [0, 0.1) is 13.8 Å². The van der Waals surface area contributed by atoms with Gasteiger partial charge in [0.25, 0.3) is 0 Å². The Labute approximate surface area is 116 Å². The zero-order chi connectivity index (χ0) is 14.1. The maximum atomic E-state index is 12.1. The Morgan fingerprint density at radius 2 is 1.95 bits per heavy atom. The second-order valence-corrected chi connectivity index (χ2v) is 4.57. The Morgan fingerprint density at radius 3 is 2.75 bits per heavy atom. The molecule has 0 atom stereocenters. The first-order chi connectivity index (χ1) is 9.63. The molecular formula is C16H13NO3. The Hall–Kier alpha value is -2.62. The van der Waals surface area contributed by atoms with Crippen molar-refractivity contribution in [3.63, 3.8) is 0 Å². The molecule has 0 aliphatic carbocycles. The van der Waals surface area contributed by atoms with Gasteiger partial charge in [-0.15, -0.1) is 0 Å². The number of aryl methyl sites for hydroxylation is 2. The molecule has 0 fully saturated rings. The third-order valence-corrected chi connectivity index (χ3v) is 3.04. The molecule has 0 saturated heterocycles. The van der Waals surface area contributed by atoms with Crippen LogP contribution in [-0.4, -0.2) is 11.0 Å². The van der Waals surface area contributed by atoms with E-state index < -0.39 is 0 Å². The van der Waals surface area contributed by atoms with Crippen molar-refractivity contribution < 1.29 is 13.9 Å². The molecule has 1 aromatic heterocycles. The summed E-state index contributed by atoms with van der Waals surface area (Å²) >= 11 is 0. The van der Waals surface area contributed by atoms with Gasteiger partial charge in [0, 0.05) is 13.0 Å². The van der Waals surface area contributed by atoms with Gasteiger partial charge in [0.2, 0.25) is 0 Å². The van der Waals surface area contributed by atoms with E-state index in [9.17, 15) is 4.79 Å². The average Bonchev–Trinajstić information content (AvgIpc) is 2.78. The number of ether oxygens (including phenoxy) is 1. The standard InChI is InChI=1S/C16H13NO3/c1-10-5-3-4-6-13(10)16(18)20-12-7-8-14-15(9-12)19-11(2)17-14/h3-9H,1-2H3. The number of aromatic nitrogens is 1. The lowest BCUT2D eigenvalue weighted by Crippen LogP contribution is -2.09. The maximum absolute atomic E-state index is 12.1. The molecule has 20 heavy (non-hydrogen) atoms. The van der Waals surface area contributed by atoms with E-state index in [0.29, 0.717) is 22.8 Å². The smallest absolute Gasteiger partial charge is 0.343 e. The summed E-state index contributed by atoms with van der Waals surface area (Å²) in [4.78, 5) is 16.3. The number of rotatable bonds is 2. The van der Waals surface area contributed by atoms with Crippen molar-refractivity contribution in [2.75, 3.05) is 0 Å². The van der Waals surface area contributed by atoms with E-state index in [1.807, 2.05) is 25.1 Å². The van der Waals surface area contributed by atoms with E-state index in [1.54, 1.807) is 31.2 Å². The van der Waals surface area contributed by atoms with Gasteiger partial charge < -0.3 is 9.15 Å². The summed E-state index contributed by atoms with van der Waals surface area (Å²) < 4.78 is 10.8. The van der Waals surface area contributed by atoms with Crippen molar-refractivity contribution >= 4 is 17.1 Å². The summed E-state index contributed by atoms with van der Waals surface area (Å²) in [7, 11) is 0. The summed E-state index contributed by atoms with van der Waals surface area (Å²) in [5.74, 6) is 0.656. The number of carbonyl (C=O) groups excluding carboxylic acids is 1. The number of hydrogen-bond acceptors (Lipinski definition) is 4. The van der Waals surface area contributed by atoms with Crippen molar-refractivity contribution in [2.45, 2.75) is 13.8 Å². The van der Waals surface area contributed by atoms with Crippen LogP contribution in [0.1, 0.15) is 21.8 Å². The van der Waals surface area contributed by atoms with Crippen LogP contribution in [0.5, 0.6) is 5.75 Å². The predicted molar refractivity (Wildman–Crippen MR) is 74.9 cm³/mol. The zero-order valence-electron chi connectivity index (χ0n) is 11.2. The fourth-order valence-electron chi connectivity index (χ4n) is 2.05. The summed E-state index contributed by atoms with van der Waals surface area (Å²) in [5.41, 5.74) is 2.80. The highest BCUT2D eigenvalue weighted by atomic mass is 16.5. The SMILES string of the molecule is Cc1nc2ccc(OC(=O)c3ccccc3C)cc2o1. The van der Waals surface area contributed by atoms with Gasteiger partial charge in [-0.2, -0.15) is 0 Å². The molecule has 100 valence electrons. The normalized spacial score (nSPS) is 10.7. The quantitative estimate of drug-likeness (QED) is 0.525. The monoisotopic (exact) mass is 267 g/mol. The van der Waals surface area contributed by atoms with E-state index in [-0.39, 0.29) is 5.97 Å². The fraction of sp³-hybridized carbons (Fsp3) is 0.125. The zero-order valence-corrected chi connectivity index (χ0v) is 11.2. The lowest BCUT2D eigenvalue weighted by Gasteiger charge is -2.06. The van der Waals surface area contributed by atoms with E-state index in [4.69, 9.17) is 9.15 Å². The average molecular weight is 267 g/mol. The van der Waals surface area contributed by atoms with Gasteiger partial charge in [0.15, 0.2) is 11.5 Å². The van der Waals surface area contributed by atoms with Crippen molar-refractivity contribution in [1.29, 1.82) is 0 Å². The number of fused-ring (bicyclic) bond motifs is 1. The van der Waals surface area contributed by atoms with Crippen LogP contribution >= 0.6 is 0 Å². The van der Waals surface area contributed by atoms with Gasteiger partial charge in [0.05, 0.1) is 5.56 Å². The van der Waals surface area contributed by atoms with Gasteiger partial charge in [0.1, 0.15) is 11.3 Å². The highest BCUT2D eigenvalue weighted by Crippen LogP contribution is 2.22. The minimum atomic E-state index is -0.376. The molecule has 1 heterocycles. The predicted octanol–water partition coefficient (Wildman–Crippen LogP) is 3.66. The molecule has 0 spiro atoms. The lowest BCUT2D eigenvalue weighted by atomic mass is 10.1. The molecule has 3 rings (SSSR count). The molecule has 4 heteroatoms. The highest BCUT2D eigenvalue weighted by molar-refractivity contribution is 5.92. The van der Waals surface area contributed by atoms with Crippen molar-refractivity contribution in [1.82, 2.24) is 4.98 Å². The van der Waals surface area contributed by atoms with Gasteiger partial charge >= 0.3 is 5.97 Å². The Kier molecular flexibility index (Phi) is 2.99. The minimum Gasteiger partial charge on any atom is -0.441 e. The number of carbonyl (C=O) groups is 1. The molecule has 0 aliphatic rings. The Bertz CT molecular complexity index is 789. The molecule has 3 aromatic rings.